The Bertz CT molecular complexity index is 445. The van der Waals surface area contributed by atoms with Crippen molar-refractivity contribution in [3.05, 3.63) is 10.6 Å². The lowest BCUT2D eigenvalue weighted by molar-refractivity contribution is 0.203. The largest absolute Gasteiger partial charge is 0.343 e. The van der Waals surface area contributed by atoms with Crippen LogP contribution in [0, 0.1) is 6.92 Å². The first-order valence-corrected chi connectivity index (χ1v) is 8.12. The van der Waals surface area contributed by atoms with Gasteiger partial charge in [0.2, 0.25) is 0 Å². The molecule has 0 aromatic carbocycles. The number of aromatic nitrogens is 1. The van der Waals surface area contributed by atoms with Crippen LogP contribution < -0.4 is 10.2 Å². The number of rotatable bonds is 3. The molecule has 2 fully saturated rings. The Morgan fingerprint density at radius 1 is 1.42 bits per heavy atom. The summed E-state index contributed by atoms with van der Waals surface area (Å²) in [6.45, 7) is 9.05. The van der Waals surface area contributed by atoms with E-state index < -0.39 is 0 Å². The second kappa shape index (κ2) is 5.38. The van der Waals surface area contributed by atoms with Crippen molar-refractivity contribution in [1.29, 1.82) is 0 Å². The lowest BCUT2D eigenvalue weighted by Crippen LogP contribution is -2.55. The summed E-state index contributed by atoms with van der Waals surface area (Å²) in [6, 6.07) is 1.34. The summed E-state index contributed by atoms with van der Waals surface area (Å²) in [6.07, 6.45) is 2.73. The number of piperazine rings is 1. The standard InChI is InChI=1S/C14H24N4S/c1-10-8-17-6-4-5-12(17)9-18(10)14-16-11(2)13(19-14)7-15-3/h10,12,15H,4-9H2,1-3H3. The van der Waals surface area contributed by atoms with Gasteiger partial charge in [-0.15, -0.1) is 11.3 Å². The van der Waals surface area contributed by atoms with Crippen LogP contribution in [0.5, 0.6) is 0 Å². The fourth-order valence-corrected chi connectivity index (χ4v) is 4.50. The number of thiazole rings is 1. The van der Waals surface area contributed by atoms with Crippen LogP contribution in [-0.2, 0) is 6.54 Å². The van der Waals surface area contributed by atoms with Gasteiger partial charge in [0.15, 0.2) is 5.13 Å². The number of nitrogens with one attached hydrogen (secondary N) is 1. The molecule has 0 saturated carbocycles. The van der Waals surface area contributed by atoms with Crippen LogP contribution in [0.15, 0.2) is 0 Å². The summed E-state index contributed by atoms with van der Waals surface area (Å²) < 4.78 is 0. The molecule has 0 spiro atoms. The third kappa shape index (κ3) is 2.51. The molecule has 5 heteroatoms. The normalized spacial score (nSPS) is 27.8. The highest BCUT2D eigenvalue weighted by Gasteiger charge is 2.35. The second-order valence-corrected chi connectivity index (χ2v) is 6.89. The molecule has 2 saturated heterocycles. The van der Waals surface area contributed by atoms with Crippen molar-refractivity contribution < 1.29 is 0 Å². The maximum atomic E-state index is 4.80. The zero-order chi connectivity index (χ0) is 13.4. The molecule has 2 unspecified atom stereocenters. The minimum Gasteiger partial charge on any atom is -0.343 e. The Morgan fingerprint density at radius 3 is 3.05 bits per heavy atom. The number of nitrogens with zero attached hydrogens (tertiary/aromatic N) is 3. The van der Waals surface area contributed by atoms with Gasteiger partial charge >= 0.3 is 0 Å². The minimum atomic E-state index is 0.585. The van der Waals surface area contributed by atoms with Gasteiger partial charge in [-0.2, -0.15) is 0 Å². The number of aryl methyl sites for hydroxylation is 1. The summed E-state index contributed by atoms with van der Waals surface area (Å²) in [4.78, 5) is 11.4. The van der Waals surface area contributed by atoms with E-state index in [2.05, 4.69) is 29.0 Å². The molecule has 0 radical (unpaired) electrons. The Kier molecular flexibility index (Phi) is 3.78. The summed E-state index contributed by atoms with van der Waals surface area (Å²) in [5, 5.41) is 4.46. The molecule has 3 rings (SSSR count). The predicted octanol–water partition coefficient (Wildman–Crippen LogP) is 1.84. The van der Waals surface area contributed by atoms with E-state index >= 15 is 0 Å². The van der Waals surface area contributed by atoms with Gasteiger partial charge in [0.25, 0.3) is 0 Å². The van der Waals surface area contributed by atoms with Crippen LogP contribution in [-0.4, -0.2) is 48.6 Å². The van der Waals surface area contributed by atoms with Crippen molar-refractivity contribution in [2.24, 2.45) is 0 Å². The van der Waals surface area contributed by atoms with E-state index in [1.807, 2.05) is 18.4 Å². The Morgan fingerprint density at radius 2 is 2.26 bits per heavy atom. The van der Waals surface area contributed by atoms with Gasteiger partial charge in [-0.1, -0.05) is 0 Å². The van der Waals surface area contributed by atoms with E-state index in [9.17, 15) is 0 Å². The molecule has 0 bridgehead atoms. The highest BCUT2D eigenvalue weighted by molar-refractivity contribution is 7.15. The van der Waals surface area contributed by atoms with Gasteiger partial charge in [-0.25, -0.2) is 4.98 Å². The lowest BCUT2D eigenvalue weighted by atomic mass is 10.1. The predicted molar refractivity (Wildman–Crippen MR) is 81.0 cm³/mol. The van der Waals surface area contributed by atoms with Crippen molar-refractivity contribution in [3.8, 4) is 0 Å². The monoisotopic (exact) mass is 280 g/mol. The Hall–Kier alpha value is -0.650. The highest BCUT2D eigenvalue weighted by Crippen LogP contribution is 2.32. The van der Waals surface area contributed by atoms with Gasteiger partial charge < -0.3 is 10.2 Å². The van der Waals surface area contributed by atoms with Crippen molar-refractivity contribution in [1.82, 2.24) is 15.2 Å². The Labute approximate surface area is 119 Å². The maximum absolute atomic E-state index is 4.80. The molecule has 4 nitrogen and oxygen atoms in total. The fourth-order valence-electron chi connectivity index (χ4n) is 3.31. The summed E-state index contributed by atoms with van der Waals surface area (Å²) in [5.74, 6) is 0. The van der Waals surface area contributed by atoms with Gasteiger partial charge in [0.05, 0.1) is 5.69 Å². The lowest BCUT2D eigenvalue weighted by Gasteiger charge is -2.42. The molecular weight excluding hydrogens is 256 g/mol. The molecule has 0 aliphatic carbocycles. The molecule has 2 aliphatic rings. The van der Waals surface area contributed by atoms with Gasteiger partial charge in [-0.3, -0.25) is 4.90 Å². The number of fused-ring (bicyclic) bond motifs is 1. The molecule has 1 aromatic rings. The van der Waals surface area contributed by atoms with E-state index in [1.54, 1.807) is 0 Å². The molecule has 19 heavy (non-hydrogen) atoms. The van der Waals surface area contributed by atoms with Gasteiger partial charge in [-0.05, 0) is 40.3 Å². The molecule has 1 N–H and O–H groups in total. The fraction of sp³-hybridized carbons (Fsp3) is 0.786. The summed E-state index contributed by atoms with van der Waals surface area (Å²) >= 11 is 1.86. The van der Waals surface area contributed by atoms with Crippen molar-refractivity contribution in [2.45, 2.75) is 45.3 Å². The van der Waals surface area contributed by atoms with Crippen LogP contribution >= 0.6 is 11.3 Å². The SMILES string of the molecule is CNCc1sc(N2CC3CCCN3CC2C)nc1C. The van der Waals surface area contributed by atoms with Gasteiger partial charge in [0, 0.05) is 36.6 Å². The number of anilines is 1. The zero-order valence-electron chi connectivity index (χ0n) is 12.1. The van der Waals surface area contributed by atoms with Crippen molar-refractivity contribution in [3.63, 3.8) is 0 Å². The van der Waals surface area contributed by atoms with Crippen LogP contribution in [0.1, 0.15) is 30.3 Å². The first-order valence-electron chi connectivity index (χ1n) is 7.30. The average molecular weight is 280 g/mol. The molecule has 106 valence electrons. The van der Waals surface area contributed by atoms with Crippen molar-refractivity contribution >= 4 is 16.5 Å². The first-order chi connectivity index (χ1) is 9.19. The third-order valence-electron chi connectivity index (χ3n) is 4.40. The number of hydrogen-bond acceptors (Lipinski definition) is 5. The van der Waals surface area contributed by atoms with Crippen molar-refractivity contribution in [2.75, 3.05) is 31.6 Å². The quantitative estimate of drug-likeness (QED) is 0.915. The molecule has 0 amide bonds. The van der Waals surface area contributed by atoms with E-state index in [1.165, 1.54) is 41.6 Å². The molecule has 2 aliphatic heterocycles. The van der Waals surface area contributed by atoms with E-state index in [-0.39, 0.29) is 0 Å². The smallest absolute Gasteiger partial charge is 0.186 e. The maximum Gasteiger partial charge on any atom is 0.186 e. The number of hydrogen-bond donors (Lipinski definition) is 1. The van der Waals surface area contributed by atoms with Crippen LogP contribution in [0.4, 0.5) is 5.13 Å². The molecule has 2 atom stereocenters. The molecule has 3 heterocycles. The molecule has 1 aromatic heterocycles. The van der Waals surface area contributed by atoms with E-state index in [0.29, 0.717) is 6.04 Å². The Balaban J connectivity index is 1.79. The third-order valence-corrected chi connectivity index (χ3v) is 5.60. The van der Waals surface area contributed by atoms with Crippen LogP contribution in [0.25, 0.3) is 0 Å². The van der Waals surface area contributed by atoms with Gasteiger partial charge in [0.1, 0.15) is 0 Å². The summed E-state index contributed by atoms with van der Waals surface area (Å²) in [7, 11) is 2.00. The first kappa shape index (κ1) is 13.3. The highest BCUT2D eigenvalue weighted by atomic mass is 32.1. The topological polar surface area (TPSA) is 31.4 Å². The van der Waals surface area contributed by atoms with E-state index in [0.717, 1.165) is 19.1 Å². The second-order valence-electron chi connectivity index (χ2n) is 5.83. The molecular formula is C14H24N4S. The van der Waals surface area contributed by atoms with Crippen LogP contribution in [0.2, 0.25) is 0 Å². The summed E-state index contributed by atoms with van der Waals surface area (Å²) in [5.41, 5.74) is 1.19. The minimum absolute atomic E-state index is 0.585. The van der Waals surface area contributed by atoms with Crippen LogP contribution in [0.3, 0.4) is 0 Å². The zero-order valence-corrected chi connectivity index (χ0v) is 13.0. The average Bonchev–Trinajstić information content (AvgIpc) is 2.96. The van der Waals surface area contributed by atoms with E-state index in [4.69, 9.17) is 4.98 Å².